The monoisotopic (exact) mass is 276 g/mol. The largest absolute Gasteiger partial charge is 0.534 e. The fourth-order valence-electron chi connectivity index (χ4n) is 0.684. The van der Waals surface area contributed by atoms with Crippen molar-refractivity contribution in [3.05, 3.63) is 16.3 Å². The van der Waals surface area contributed by atoms with Crippen LogP contribution in [-0.2, 0) is 10.1 Å². The molecule has 1 aromatic heterocycles. The second kappa shape index (κ2) is 3.94. The number of alkyl halides is 3. The average molecular weight is 276 g/mol. The quantitative estimate of drug-likeness (QED) is 0.671. The third-order valence-corrected chi connectivity index (χ3v) is 3.16. The molecule has 0 aromatic carbocycles. The highest BCUT2D eigenvalue weighted by molar-refractivity contribution is 7.88. The molecule has 0 amide bonds. The van der Waals surface area contributed by atoms with E-state index in [-0.39, 0.29) is 0 Å². The van der Waals surface area contributed by atoms with Crippen molar-refractivity contribution in [2.45, 2.75) is 5.51 Å². The molecule has 0 fully saturated rings. The van der Waals surface area contributed by atoms with E-state index in [1.165, 1.54) is 0 Å². The number of hydrogen-bond acceptors (Lipinski definition) is 5. The molecule has 0 saturated carbocycles. The van der Waals surface area contributed by atoms with Crippen molar-refractivity contribution < 1.29 is 35.7 Å². The first kappa shape index (κ1) is 12.8. The zero-order chi connectivity index (χ0) is 12.6. The Bertz CT molecular complexity index is 500. The van der Waals surface area contributed by atoms with E-state index in [0.29, 0.717) is 11.3 Å². The molecule has 1 aromatic rings. The van der Waals surface area contributed by atoms with Gasteiger partial charge in [0.15, 0.2) is 10.6 Å². The molecule has 0 spiro atoms. The first-order valence-corrected chi connectivity index (χ1v) is 5.75. The number of hydrogen-bond donors (Lipinski definition) is 1. The van der Waals surface area contributed by atoms with Crippen LogP contribution >= 0.6 is 11.3 Å². The van der Waals surface area contributed by atoms with Gasteiger partial charge in [-0.3, -0.25) is 0 Å². The van der Waals surface area contributed by atoms with E-state index in [0.717, 1.165) is 11.4 Å². The van der Waals surface area contributed by atoms with Gasteiger partial charge in [0.2, 0.25) is 0 Å². The van der Waals surface area contributed by atoms with Gasteiger partial charge in [-0.25, -0.2) is 4.79 Å². The summed E-state index contributed by atoms with van der Waals surface area (Å²) in [6, 6.07) is 0.831. The lowest BCUT2D eigenvalue weighted by Crippen LogP contribution is -2.28. The standard InChI is InChI=1S/C6H3F3O5S2/c7-6(8,9)16(12,13)14-3-1-2-15-4(3)5(10)11/h1-2H,(H,10,11). The van der Waals surface area contributed by atoms with Gasteiger partial charge in [0.1, 0.15) is 0 Å². The Labute approximate surface area is 91.2 Å². The lowest BCUT2D eigenvalue weighted by molar-refractivity contribution is -0.0500. The van der Waals surface area contributed by atoms with Gasteiger partial charge in [-0.2, -0.15) is 21.6 Å². The summed E-state index contributed by atoms with van der Waals surface area (Å²) in [4.78, 5) is 9.85. The van der Waals surface area contributed by atoms with Crippen molar-refractivity contribution in [2.75, 3.05) is 0 Å². The molecule has 90 valence electrons. The van der Waals surface area contributed by atoms with Crippen molar-refractivity contribution >= 4 is 27.4 Å². The molecule has 10 heteroatoms. The summed E-state index contributed by atoms with van der Waals surface area (Å²) < 4.78 is 60.5. The zero-order valence-electron chi connectivity index (χ0n) is 7.19. The molecule has 0 unspecified atom stereocenters. The maximum Gasteiger partial charge on any atom is 0.534 e. The molecule has 0 bridgehead atoms. The molecule has 1 rings (SSSR count). The molecule has 0 saturated heterocycles. The van der Waals surface area contributed by atoms with Crippen molar-refractivity contribution in [1.29, 1.82) is 0 Å². The second-order valence-corrected chi connectivity index (χ2v) is 4.86. The van der Waals surface area contributed by atoms with Gasteiger partial charge < -0.3 is 9.29 Å². The van der Waals surface area contributed by atoms with Gasteiger partial charge in [-0.1, -0.05) is 0 Å². The molecule has 1 N–H and O–H groups in total. The van der Waals surface area contributed by atoms with Crippen molar-refractivity contribution in [3.63, 3.8) is 0 Å². The smallest absolute Gasteiger partial charge is 0.477 e. The van der Waals surface area contributed by atoms with Gasteiger partial charge in [0.05, 0.1) is 0 Å². The first-order valence-electron chi connectivity index (χ1n) is 3.46. The Balaban J connectivity index is 3.07. The molecule has 0 aliphatic heterocycles. The van der Waals surface area contributed by atoms with Crippen LogP contribution in [0.15, 0.2) is 11.4 Å². The number of carboxylic acid groups (broad SMARTS) is 1. The van der Waals surface area contributed by atoms with E-state index in [4.69, 9.17) is 5.11 Å². The van der Waals surface area contributed by atoms with Gasteiger partial charge >= 0.3 is 21.6 Å². The molecule has 0 aliphatic rings. The predicted octanol–water partition coefficient (Wildman–Crippen LogP) is 1.67. The molecule has 16 heavy (non-hydrogen) atoms. The van der Waals surface area contributed by atoms with Crippen LogP contribution in [0.25, 0.3) is 0 Å². The predicted molar refractivity (Wildman–Crippen MR) is 46.9 cm³/mol. The van der Waals surface area contributed by atoms with Crippen LogP contribution < -0.4 is 4.18 Å². The lowest BCUT2D eigenvalue weighted by atomic mass is 10.4. The van der Waals surface area contributed by atoms with Crippen LogP contribution in [0.2, 0.25) is 0 Å². The maximum absolute atomic E-state index is 11.9. The van der Waals surface area contributed by atoms with Crippen LogP contribution in [0.5, 0.6) is 5.75 Å². The second-order valence-electron chi connectivity index (χ2n) is 2.40. The van der Waals surface area contributed by atoms with Crippen LogP contribution in [0.1, 0.15) is 9.67 Å². The molecule has 0 aliphatic carbocycles. The van der Waals surface area contributed by atoms with Gasteiger partial charge in [0, 0.05) is 0 Å². The molecule has 1 heterocycles. The highest BCUT2D eigenvalue weighted by Gasteiger charge is 2.49. The summed E-state index contributed by atoms with van der Waals surface area (Å²) in [6.07, 6.45) is 0. The number of thiophene rings is 1. The van der Waals surface area contributed by atoms with Crippen LogP contribution in [0.4, 0.5) is 13.2 Å². The van der Waals surface area contributed by atoms with E-state index >= 15 is 0 Å². The summed E-state index contributed by atoms with van der Waals surface area (Å²) in [5, 5.41) is 9.61. The average Bonchev–Trinajstić information content (AvgIpc) is 2.49. The number of carbonyl (C=O) groups is 1. The zero-order valence-corrected chi connectivity index (χ0v) is 8.82. The van der Waals surface area contributed by atoms with Crippen LogP contribution in [-0.4, -0.2) is 25.0 Å². The summed E-state index contributed by atoms with van der Waals surface area (Å²) in [5.41, 5.74) is -5.59. The summed E-state index contributed by atoms with van der Waals surface area (Å²) in [5.74, 6) is -2.42. The Hall–Kier alpha value is -1.29. The van der Waals surface area contributed by atoms with E-state index in [9.17, 15) is 26.4 Å². The summed E-state index contributed by atoms with van der Waals surface area (Å²) in [7, 11) is -5.83. The topological polar surface area (TPSA) is 80.7 Å². The highest BCUT2D eigenvalue weighted by Crippen LogP contribution is 2.31. The number of halogens is 3. The SMILES string of the molecule is O=C(O)c1sccc1OS(=O)(=O)C(F)(F)F. The highest BCUT2D eigenvalue weighted by atomic mass is 32.2. The Morgan fingerprint density at radius 2 is 2.00 bits per heavy atom. The minimum atomic E-state index is -5.83. The molecule has 5 nitrogen and oxygen atoms in total. The number of carboxylic acids is 1. The number of rotatable bonds is 3. The summed E-state index contributed by atoms with van der Waals surface area (Å²) >= 11 is 0.553. The Morgan fingerprint density at radius 1 is 1.44 bits per heavy atom. The van der Waals surface area contributed by atoms with E-state index in [1.54, 1.807) is 0 Å². The third-order valence-electron chi connectivity index (χ3n) is 1.31. The summed E-state index contributed by atoms with van der Waals surface area (Å²) in [6.45, 7) is 0. The normalized spacial score (nSPS) is 12.4. The minimum Gasteiger partial charge on any atom is -0.477 e. The number of aromatic carboxylic acids is 1. The van der Waals surface area contributed by atoms with Crippen molar-refractivity contribution in [2.24, 2.45) is 0 Å². The lowest BCUT2D eigenvalue weighted by Gasteiger charge is -2.08. The maximum atomic E-state index is 11.9. The Kier molecular flexibility index (Phi) is 3.15. The fraction of sp³-hybridized carbons (Fsp3) is 0.167. The van der Waals surface area contributed by atoms with Gasteiger partial charge in [-0.15, -0.1) is 11.3 Å². The Morgan fingerprint density at radius 3 is 2.44 bits per heavy atom. The van der Waals surface area contributed by atoms with Gasteiger partial charge in [0.25, 0.3) is 0 Å². The van der Waals surface area contributed by atoms with Crippen molar-refractivity contribution in [1.82, 2.24) is 0 Å². The van der Waals surface area contributed by atoms with E-state index in [1.807, 2.05) is 0 Å². The van der Waals surface area contributed by atoms with E-state index < -0.39 is 32.2 Å². The van der Waals surface area contributed by atoms with E-state index in [2.05, 4.69) is 4.18 Å². The van der Waals surface area contributed by atoms with Gasteiger partial charge in [-0.05, 0) is 11.4 Å². The molecule has 0 radical (unpaired) electrons. The third kappa shape index (κ3) is 2.44. The minimum absolute atomic E-state index is 0.553. The molecular formula is C6H3F3O5S2. The first-order chi connectivity index (χ1) is 7.15. The van der Waals surface area contributed by atoms with Crippen molar-refractivity contribution in [3.8, 4) is 5.75 Å². The molecular weight excluding hydrogens is 273 g/mol. The molecule has 0 atom stereocenters. The fourth-order valence-corrected chi connectivity index (χ4v) is 1.86. The van der Waals surface area contributed by atoms with Crippen LogP contribution in [0.3, 0.4) is 0 Å². The van der Waals surface area contributed by atoms with Crippen LogP contribution in [0, 0.1) is 0 Å².